The third-order valence-electron chi connectivity index (χ3n) is 5.44. The monoisotopic (exact) mass is 482 g/mol. The van der Waals surface area contributed by atoms with Gasteiger partial charge in [0.25, 0.3) is 10.0 Å². The summed E-state index contributed by atoms with van der Waals surface area (Å²) in [4.78, 5) is 13.0. The molecule has 3 aromatic rings. The number of hydrogen-bond donors (Lipinski definition) is 1. The maximum atomic E-state index is 13.5. The summed E-state index contributed by atoms with van der Waals surface area (Å²) in [6.45, 7) is 1.98. The number of hydrogen-bond acceptors (Lipinski definition) is 5. The number of ether oxygens (including phenoxy) is 2. The minimum atomic E-state index is -3.93. The van der Waals surface area contributed by atoms with Gasteiger partial charge in [0.1, 0.15) is 6.54 Å². The zero-order valence-electron chi connectivity index (χ0n) is 19.7. The van der Waals surface area contributed by atoms with Gasteiger partial charge < -0.3 is 14.8 Å². The Morgan fingerprint density at radius 3 is 2.26 bits per heavy atom. The van der Waals surface area contributed by atoms with E-state index in [1.165, 1.54) is 16.4 Å². The van der Waals surface area contributed by atoms with Crippen molar-refractivity contribution in [2.24, 2.45) is 0 Å². The van der Waals surface area contributed by atoms with Gasteiger partial charge in [0, 0.05) is 6.54 Å². The molecule has 0 unspecified atom stereocenters. The molecule has 3 aromatic carbocycles. The molecule has 0 spiro atoms. The molecular weight excluding hydrogens is 452 g/mol. The summed E-state index contributed by atoms with van der Waals surface area (Å²) in [5, 5.41) is 2.84. The molecule has 0 fully saturated rings. The SMILES string of the molecule is CCc1ccccc1N(CC(=O)NCCc1ccc(OC)c(OC)c1)S(=O)(=O)c1ccccc1. The molecule has 3 rings (SSSR count). The molecule has 0 atom stereocenters. The van der Waals surface area contributed by atoms with Gasteiger partial charge in [0.2, 0.25) is 5.91 Å². The number of nitrogens with zero attached hydrogens (tertiary/aromatic N) is 1. The van der Waals surface area contributed by atoms with Crippen LogP contribution in [0.4, 0.5) is 5.69 Å². The lowest BCUT2D eigenvalue weighted by Crippen LogP contribution is -2.41. The van der Waals surface area contributed by atoms with Crippen LogP contribution in [0.1, 0.15) is 18.1 Å². The van der Waals surface area contributed by atoms with E-state index >= 15 is 0 Å². The Labute approximate surface area is 201 Å². The molecule has 0 saturated heterocycles. The van der Waals surface area contributed by atoms with Crippen LogP contribution >= 0.6 is 0 Å². The van der Waals surface area contributed by atoms with E-state index in [9.17, 15) is 13.2 Å². The zero-order valence-corrected chi connectivity index (χ0v) is 20.5. The van der Waals surface area contributed by atoms with E-state index in [0.717, 1.165) is 11.1 Å². The molecule has 7 nitrogen and oxygen atoms in total. The average Bonchev–Trinajstić information content (AvgIpc) is 2.87. The highest BCUT2D eigenvalue weighted by Gasteiger charge is 2.28. The Bertz CT molecular complexity index is 1210. The lowest BCUT2D eigenvalue weighted by molar-refractivity contribution is -0.119. The second-order valence-electron chi connectivity index (χ2n) is 7.60. The first-order valence-electron chi connectivity index (χ1n) is 11.0. The Balaban J connectivity index is 1.77. The second kappa shape index (κ2) is 11.6. The lowest BCUT2D eigenvalue weighted by Gasteiger charge is -2.26. The molecule has 0 radical (unpaired) electrons. The highest BCUT2D eigenvalue weighted by Crippen LogP contribution is 2.28. The van der Waals surface area contributed by atoms with Gasteiger partial charge in [-0.3, -0.25) is 9.10 Å². The highest BCUT2D eigenvalue weighted by atomic mass is 32.2. The number of aryl methyl sites for hydroxylation is 1. The van der Waals surface area contributed by atoms with Crippen molar-refractivity contribution in [3.63, 3.8) is 0 Å². The topological polar surface area (TPSA) is 84.9 Å². The van der Waals surface area contributed by atoms with Crippen molar-refractivity contribution in [2.75, 3.05) is 31.6 Å². The van der Waals surface area contributed by atoms with Crippen molar-refractivity contribution in [3.05, 3.63) is 83.9 Å². The number of methoxy groups -OCH3 is 2. The van der Waals surface area contributed by atoms with E-state index in [1.54, 1.807) is 44.6 Å². The van der Waals surface area contributed by atoms with Crippen molar-refractivity contribution in [1.82, 2.24) is 5.32 Å². The molecule has 8 heteroatoms. The van der Waals surface area contributed by atoms with Crippen molar-refractivity contribution in [2.45, 2.75) is 24.7 Å². The van der Waals surface area contributed by atoms with Gasteiger partial charge >= 0.3 is 0 Å². The van der Waals surface area contributed by atoms with E-state index in [0.29, 0.717) is 36.6 Å². The smallest absolute Gasteiger partial charge is 0.264 e. The summed E-state index contributed by atoms with van der Waals surface area (Å²) in [6, 6.07) is 21.0. The number of para-hydroxylation sites is 1. The predicted molar refractivity (Wildman–Crippen MR) is 133 cm³/mol. The molecule has 0 aliphatic carbocycles. The van der Waals surface area contributed by atoms with E-state index in [-0.39, 0.29) is 17.3 Å². The summed E-state index contributed by atoms with van der Waals surface area (Å²) in [5.41, 5.74) is 2.31. The quantitative estimate of drug-likeness (QED) is 0.449. The fourth-order valence-electron chi connectivity index (χ4n) is 3.64. The Hall–Kier alpha value is -3.52. The van der Waals surface area contributed by atoms with Gasteiger partial charge in [0.15, 0.2) is 11.5 Å². The van der Waals surface area contributed by atoms with Crippen LogP contribution in [-0.2, 0) is 27.7 Å². The predicted octanol–water partition coefficient (Wildman–Crippen LogP) is 3.82. The largest absolute Gasteiger partial charge is 0.493 e. The molecule has 0 aliphatic heterocycles. The Morgan fingerprint density at radius 1 is 0.912 bits per heavy atom. The maximum absolute atomic E-state index is 13.5. The fourth-order valence-corrected chi connectivity index (χ4v) is 5.12. The molecule has 180 valence electrons. The third-order valence-corrected chi connectivity index (χ3v) is 7.22. The number of carbonyl (C=O) groups is 1. The van der Waals surface area contributed by atoms with Crippen molar-refractivity contribution in [1.29, 1.82) is 0 Å². The summed E-state index contributed by atoms with van der Waals surface area (Å²) < 4.78 is 38.7. The molecule has 0 saturated carbocycles. The fraction of sp³-hybridized carbons (Fsp3) is 0.269. The highest BCUT2D eigenvalue weighted by molar-refractivity contribution is 7.92. The van der Waals surface area contributed by atoms with Crippen LogP contribution in [0.25, 0.3) is 0 Å². The summed E-state index contributed by atoms with van der Waals surface area (Å²) in [7, 11) is -0.792. The summed E-state index contributed by atoms with van der Waals surface area (Å²) in [5.74, 6) is 0.861. The number of benzene rings is 3. The van der Waals surface area contributed by atoms with Gasteiger partial charge in [-0.15, -0.1) is 0 Å². The minimum absolute atomic E-state index is 0.138. The Morgan fingerprint density at radius 2 is 1.59 bits per heavy atom. The normalized spacial score (nSPS) is 11.0. The van der Waals surface area contributed by atoms with Crippen LogP contribution in [0, 0.1) is 0 Å². The molecule has 34 heavy (non-hydrogen) atoms. The van der Waals surface area contributed by atoms with Gasteiger partial charge in [-0.05, 0) is 54.3 Å². The molecular formula is C26H30N2O5S. The minimum Gasteiger partial charge on any atom is -0.493 e. The first kappa shape index (κ1) is 25.1. The first-order chi connectivity index (χ1) is 16.4. The number of amides is 1. The van der Waals surface area contributed by atoms with E-state index in [1.807, 2.05) is 37.3 Å². The van der Waals surface area contributed by atoms with Crippen LogP contribution in [0.5, 0.6) is 11.5 Å². The Kier molecular flexibility index (Phi) is 8.54. The van der Waals surface area contributed by atoms with Gasteiger partial charge in [-0.2, -0.15) is 0 Å². The molecule has 0 heterocycles. The molecule has 1 N–H and O–H groups in total. The summed E-state index contributed by atoms with van der Waals surface area (Å²) >= 11 is 0. The van der Waals surface area contributed by atoms with Crippen LogP contribution in [0.2, 0.25) is 0 Å². The average molecular weight is 483 g/mol. The van der Waals surface area contributed by atoms with E-state index in [4.69, 9.17) is 9.47 Å². The molecule has 0 bridgehead atoms. The van der Waals surface area contributed by atoms with Crippen LogP contribution < -0.4 is 19.1 Å². The zero-order chi connectivity index (χ0) is 24.6. The van der Waals surface area contributed by atoms with Crippen LogP contribution in [0.15, 0.2) is 77.7 Å². The lowest BCUT2D eigenvalue weighted by atomic mass is 10.1. The van der Waals surface area contributed by atoms with Gasteiger partial charge in [0.05, 0.1) is 24.8 Å². The van der Waals surface area contributed by atoms with Crippen molar-refractivity contribution >= 4 is 21.6 Å². The molecule has 0 aliphatic rings. The number of sulfonamides is 1. The second-order valence-corrected chi connectivity index (χ2v) is 9.46. The number of rotatable bonds is 11. The number of anilines is 1. The van der Waals surface area contributed by atoms with Gasteiger partial charge in [-0.25, -0.2) is 8.42 Å². The van der Waals surface area contributed by atoms with E-state index in [2.05, 4.69) is 5.32 Å². The van der Waals surface area contributed by atoms with Gasteiger partial charge in [-0.1, -0.05) is 49.4 Å². The van der Waals surface area contributed by atoms with Crippen LogP contribution in [0.3, 0.4) is 0 Å². The maximum Gasteiger partial charge on any atom is 0.264 e. The number of nitrogens with one attached hydrogen (secondary N) is 1. The summed E-state index contributed by atoms with van der Waals surface area (Å²) in [6.07, 6.45) is 1.20. The van der Waals surface area contributed by atoms with Crippen molar-refractivity contribution in [3.8, 4) is 11.5 Å². The standard InChI is InChI=1S/C26H30N2O5S/c1-4-21-10-8-9-13-23(21)28(34(30,31)22-11-6-5-7-12-22)19-26(29)27-17-16-20-14-15-24(32-2)25(18-20)33-3/h5-15,18H,4,16-17,19H2,1-3H3,(H,27,29). The van der Waals surface area contributed by atoms with Crippen LogP contribution in [-0.4, -0.2) is 41.6 Å². The molecule has 0 aromatic heterocycles. The van der Waals surface area contributed by atoms with Crippen molar-refractivity contribution < 1.29 is 22.7 Å². The molecule has 1 amide bonds. The first-order valence-corrected chi connectivity index (χ1v) is 12.5. The van der Waals surface area contributed by atoms with E-state index < -0.39 is 10.0 Å². The number of carbonyl (C=O) groups excluding carboxylic acids is 1. The third kappa shape index (κ3) is 5.88.